The van der Waals surface area contributed by atoms with Gasteiger partial charge in [-0.3, -0.25) is 0 Å². The Morgan fingerprint density at radius 2 is 2.33 bits per heavy atom. The van der Waals surface area contributed by atoms with E-state index in [9.17, 15) is 0 Å². The summed E-state index contributed by atoms with van der Waals surface area (Å²) in [6, 6.07) is 3.68. The largest absolute Gasteiger partial charge is 0.353 e. The van der Waals surface area contributed by atoms with Gasteiger partial charge in [-0.2, -0.15) is 17.0 Å². The van der Waals surface area contributed by atoms with Gasteiger partial charge in [-0.15, -0.1) is 0 Å². The van der Waals surface area contributed by atoms with Gasteiger partial charge in [-0.1, -0.05) is 6.92 Å². The molecule has 1 aromatic rings. The molecule has 5 heteroatoms. The number of hydrogen-bond donors (Lipinski definition) is 1. The maximum Gasteiger partial charge on any atom is 0.224 e. The Bertz CT molecular complexity index is 372. The zero-order chi connectivity index (χ0) is 11.3. The Balaban J connectivity index is 2.69. The summed E-state index contributed by atoms with van der Waals surface area (Å²) in [6.07, 6.45) is 2.06. The normalized spacial score (nSPS) is 11.9. The lowest BCUT2D eigenvalue weighted by Gasteiger charge is -2.09. The van der Waals surface area contributed by atoms with E-state index in [1.165, 1.54) is 0 Å². The Morgan fingerprint density at radius 3 is 2.93 bits per heavy atom. The first-order valence-corrected chi connectivity index (χ1v) is 5.97. The SMILES string of the molecule is CSC(C)CNc1nc(C)cc(C#N)n1. The molecule has 0 aliphatic carbocycles. The van der Waals surface area contributed by atoms with Crippen molar-refractivity contribution in [2.45, 2.75) is 19.1 Å². The predicted octanol–water partition coefficient (Wildman–Crippen LogP) is 1.82. The molecule has 0 aliphatic rings. The number of nitriles is 1. The molecule has 1 N–H and O–H groups in total. The smallest absolute Gasteiger partial charge is 0.224 e. The third kappa shape index (κ3) is 3.76. The lowest BCUT2D eigenvalue weighted by molar-refractivity contribution is 0.960. The molecule has 80 valence electrons. The van der Waals surface area contributed by atoms with Gasteiger partial charge in [0.05, 0.1) is 0 Å². The number of nitrogens with one attached hydrogen (secondary N) is 1. The second kappa shape index (κ2) is 5.56. The summed E-state index contributed by atoms with van der Waals surface area (Å²) in [5, 5.41) is 12.4. The molecule has 1 aromatic heterocycles. The van der Waals surface area contributed by atoms with Crippen LogP contribution in [0.3, 0.4) is 0 Å². The average molecular weight is 222 g/mol. The standard InChI is InChI=1S/C10H14N4S/c1-7-4-9(5-11)14-10(13-7)12-6-8(2)15-3/h4,8H,6H2,1-3H3,(H,12,13,14). The number of aromatic nitrogens is 2. The zero-order valence-corrected chi connectivity index (χ0v) is 9.93. The average Bonchev–Trinajstić information content (AvgIpc) is 2.25. The van der Waals surface area contributed by atoms with E-state index in [1.807, 2.05) is 13.0 Å². The summed E-state index contributed by atoms with van der Waals surface area (Å²) in [7, 11) is 0. The maximum atomic E-state index is 8.74. The highest BCUT2D eigenvalue weighted by molar-refractivity contribution is 7.99. The van der Waals surface area contributed by atoms with Crippen molar-refractivity contribution >= 4 is 17.7 Å². The van der Waals surface area contributed by atoms with Crippen LogP contribution in [-0.2, 0) is 0 Å². The first-order valence-electron chi connectivity index (χ1n) is 4.68. The molecule has 0 saturated carbocycles. The van der Waals surface area contributed by atoms with E-state index in [0.29, 0.717) is 16.9 Å². The van der Waals surface area contributed by atoms with Crippen LogP contribution in [0.15, 0.2) is 6.07 Å². The van der Waals surface area contributed by atoms with Gasteiger partial charge in [0.15, 0.2) is 0 Å². The summed E-state index contributed by atoms with van der Waals surface area (Å²) >= 11 is 1.78. The van der Waals surface area contributed by atoms with Crippen LogP contribution in [0, 0.1) is 18.3 Å². The highest BCUT2D eigenvalue weighted by Crippen LogP contribution is 2.07. The van der Waals surface area contributed by atoms with E-state index in [4.69, 9.17) is 5.26 Å². The van der Waals surface area contributed by atoms with Crippen LogP contribution in [0.1, 0.15) is 18.3 Å². The molecule has 1 heterocycles. The minimum atomic E-state index is 0.404. The molecule has 15 heavy (non-hydrogen) atoms. The van der Waals surface area contributed by atoms with E-state index in [0.717, 1.165) is 12.2 Å². The molecule has 0 bridgehead atoms. The van der Waals surface area contributed by atoms with Gasteiger partial charge in [0, 0.05) is 17.5 Å². The lowest BCUT2D eigenvalue weighted by Crippen LogP contribution is -2.15. The van der Waals surface area contributed by atoms with Gasteiger partial charge < -0.3 is 5.32 Å². The quantitative estimate of drug-likeness (QED) is 0.842. The Morgan fingerprint density at radius 1 is 1.60 bits per heavy atom. The van der Waals surface area contributed by atoms with Crippen molar-refractivity contribution in [2.75, 3.05) is 18.1 Å². The van der Waals surface area contributed by atoms with Crippen molar-refractivity contribution in [3.8, 4) is 6.07 Å². The van der Waals surface area contributed by atoms with Crippen molar-refractivity contribution in [1.82, 2.24) is 9.97 Å². The van der Waals surface area contributed by atoms with Crippen molar-refractivity contribution in [2.24, 2.45) is 0 Å². The van der Waals surface area contributed by atoms with Crippen LogP contribution in [-0.4, -0.2) is 28.0 Å². The lowest BCUT2D eigenvalue weighted by atomic mass is 10.3. The Labute approximate surface area is 94.1 Å². The first-order chi connectivity index (χ1) is 7.15. The first kappa shape index (κ1) is 11.8. The third-order valence-electron chi connectivity index (χ3n) is 1.92. The maximum absolute atomic E-state index is 8.74. The van der Waals surface area contributed by atoms with Crippen LogP contribution >= 0.6 is 11.8 Å². The number of aryl methyl sites for hydroxylation is 1. The van der Waals surface area contributed by atoms with Gasteiger partial charge in [-0.05, 0) is 19.2 Å². The topological polar surface area (TPSA) is 61.6 Å². The molecule has 0 amide bonds. The van der Waals surface area contributed by atoms with Gasteiger partial charge in [0.1, 0.15) is 11.8 Å². The monoisotopic (exact) mass is 222 g/mol. The number of anilines is 1. The van der Waals surface area contributed by atoms with Gasteiger partial charge >= 0.3 is 0 Å². The molecule has 1 unspecified atom stereocenters. The van der Waals surface area contributed by atoms with Crippen LogP contribution in [0.25, 0.3) is 0 Å². The highest BCUT2D eigenvalue weighted by Gasteiger charge is 2.03. The molecule has 0 spiro atoms. The summed E-state index contributed by atoms with van der Waals surface area (Å²) in [5.74, 6) is 0.535. The van der Waals surface area contributed by atoms with Crippen LogP contribution in [0.5, 0.6) is 0 Å². The molecule has 0 fully saturated rings. The van der Waals surface area contributed by atoms with E-state index in [1.54, 1.807) is 17.8 Å². The molecule has 0 saturated heterocycles. The van der Waals surface area contributed by atoms with E-state index in [2.05, 4.69) is 28.5 Å². The minimum Gasteiger partial charge on any atom is -0.353 e. The van der Waals surface area contributed by atoms with Crippen molar-refractivity contribution in [1.29, 1.82) is 5.26 Å². The van der Waals surface area contributed by atoms with Crippen molar-refractivity contribution < 1.29 is 0 Å². The summed E-state index contributed by atoms with van der Waals surface area (Å²) in [6.45, 7) is 4.78. The van der Waals surface area contributed by atoms with Crippen LogP contribution in [0.2, 0.25) is 0 Å². The molecule has 1 atom stereocenters. The zero-order valence-electron chi connectivity index (χ0n) is 9.11. The highest BCUT2D eigenvalue weighted by atomic mass is 32.2. The molecule has 0 aliphatic heterocycles. The molecule has 1 rings (SSSR count). The fourth-order valence-corrected chi connectivity index (χ4v) is 1.27. The molecular weight excluding hydrogens is 208 g/mol. The number of rotatable bonds is 4. The second-order valence-electron chi connectivity index (χ2n) is 3.26. The van der Waals surface area contributed by atoms with Gasteiger partial charge in [0.2, 0.25) is 5.95 Å². The second-order valence-corrected chi connectivity index (χ2v) is 4.53. The van der Waals surface area contributed by atoms with Crippen LogP contribution in [0.4, 0.5) is 5.95 Å². The summed E-state index contributed by atoms with van der Waals surface area (Å²) in [5.41, 5.74) is 1.21. The Kier molecular flexibility index (Phi) is 4.37. The van der Waals surface area contributed by atoms with E-state index >= 15 is 0 Å². The third-order valence-corrected chi connectivity index (χ3v) is 2.89. The minimum absolute atomic E-state index is 0.404. The summed E-state index contributed by atoms with van der Waals surface area (Å²) < 4.78 is 0. The molecule has 0 radical (unpaired) electrons. The van der Waals surface area contributed by atoms with Crippen molar-refractivity contribution in [3.05, 3.63) is 17.5 Å². The Hall–Kier alpha value is -1.28. The summed E-state index contributed by atoms with van der Waals surface area (Å²) in [4.78, 5) is 8.27. The molecule has 4 nitrogen and oxygen atoms in total. The van der Waals surface area contributed by atoms with Crippen molar-refractivity contribution in [3.63, 3.8) is 0 Å². The van der Waals surface area contributed by atoms with E-state index in [-0.39, 0.29) is 0 Å². The molecular formula is C10H14N4S. The number of nitrogens with zero attached hydrogens (tertiary/aromatic N) is 3. The fourth-order valence-electron chi connectivity index (χ4n) is 1.02. The number of hydrogen-bond acceptors (Lipinski definition) is 5. The van der Waals surface area contributed by atoms with Crippen LogP contribution < -0.4 is 5.32 Å². The predicted molar refractivity (Wildman–Crippen MR) is 63.0 cm³/mol. The number of thioether (sulfide) groups is 1. The fraction of sp³-hybridized carbons (Fsp3) is 0.500. The van der Waals surface area contributed by atoms with Gasteiger partial charge in [0.25, 0.3) is 0 Å². The van der Waals surface area contributed by atoms with E-state index < -0.39 is 0 Å². The molecule has 0 aromatic carbocycles. The van der Waals surface area contributed by atoms with Gasteiger partial charge in [-0.25, -0.2) is 9.97 Å².